The molecule has 2 aliphatic rings. The first-order valence-electron chi connectivity index (χ1n) is 9.69. The molecule has 0 radical (unpaired) electrons. The maximum atomic E-state index is 12.8. The number of carbonyl (C=O) groups is 1. The summed E-state index contributed by atoms with van der Waals surface area (Å²) in [4.78, 5) is 19.2. The largest absolute Gasteiger partial charge is 0.490 e. The number of hydrogen-bond acceptors (Lipinski definition) is 5. The molecule has 1 aliphatic heterocycles. The Bertz CT molecular complexity index is 606. The monoisotopic (exact) mass is 360 g/mol. The van der Waals surface area contributed by atoms with Crippen LogP contribution in [0.5, 0.6) is 5.75 Å². The highest BCUT2D eigenvalue weighted by Crippen LogP contribution is 2.31. The second-order valence-corrected chi connectivity index (χ2v) is 7.76. The van der Waals surface area contributed by atoms with Gasteiger partial charge in [0.05, 0.1) is 11.2 Å². The van der Waals surface area contributed by atoms with Crippen LogP contribution in [0, 0.1) is 0 Å². The third-order valence-corrected chi connectivity index (χ3v) is 5.49. The van der Waals surface area contributed by atoms with Crippen molar-refractivity contribution >= 4 is 11.6 Å². The van der Waals surface area contributed by atoms with E-state index in [0.717, 1.165) is 69.8 Å². The molecule has 0 bridgehead atoms. The van der Waals surface area contributed by atoms with E-state index < -0.39 is 5.54 Å². The van der Waals surface area contributed by atoms with Gasteiger partial charge < -0.3 is 25.2 Å². The van der Waals surface area contributed by atoms with Crippen LogP contribution in [0.2, 0.25) is 0 Å². The van der Waals surface area contributed by atoms with Gasteiger partial charge in [0.1, 0.15) is 12.4 Å². The van der Waals surface area contributed by atoms with E-state index in [9.17, 15) is 4.79 Å². The highest BCUT2D eigenvalue weighted by Gasteiger charge is 2.40. The van der Waals surface area contributed by atoms with E-state index in [2.05, 4.69) is 15.9 Å². The summed E-state index contributed by atoms with van der Waals surface area (Å²) in [7, 11) is 4.08. The van der Waals surface area contributed by atoms with E-state index in [1.165, 1.54) is 0 Å². The molecule has 1 heterocycles. The van der Waals surface area contributed by atoms with Crippen LogP contribution in [0.15, 0.2) is 24.3 Å². The zero-order valence-electron chi connectivity index (χ0n) is 16.1. The van der Waals surface area contributed by atoms with Crippen LogP contribution < -0.4 is 15.4 Å². The van der Waals surface area contributed by atoms with Gasteiger partial charge in [-0.05, 0) is 39.1 Å². The smallest absolute Gasteiger partial charge is 0.242 e. The number of hydrogen-bond donors (Lipinski definition) is 1. The molecular formula is C20H32N4O2. The Morgan fingerprint density at radius 2 is 1.81 bits per heavy atom. The molecule has 3 rings (SSSR count). The Balaban J connectivity index is 1.59. The van der Waals surface area contributed by atoms with Crippen molar-refractivity contribution < 1.29 is 9.53 Å². The van der Waals surface area contributed by atoms with E-state index in [1.807, 2.05) is 37.2 Å². The van der Waals surface area contributed by atoms with Crippen LogP contribution in [0.1, 0.15) is 25.7 Å². The quantitative estimate of drug-likeness (QED) is 0.834. The number of nitrogens with zero attached hydrogens (tertiary/aromatic N) is 3. The van der Waals surface area contributed by atoms with Gasteiger partial charge >= 0.3 is 0 Å². The number of rotatable bonds is 6. The summed E-state index contributed by atoms with van der Waals surface area (Å²) in [5.74, 6) is 1.06. The van der Waals surface area contributed by atoms with Crippen LogP contribution in [-0.2, 0) is 4.79 Å². The SMILES string of the molecule is CN(C)CCOc1ccccc1N1CCN(C(=O)C2(N)CCCC2)CC1. The maximum absolute atomic E-state index is 12.8. The lowest BCUT2D eigenvalue weighted by Gasteiger charge is -2.39. The minimum absolute atomic E-state index is 0.144. The molecule has 1 saturated carbocycles. The second kappa shape index (κ2) is 8.27. The fraction of sp³-hybridized carbons (Fsp3) is 0.650. The van der Waals surface area contributed by atoms with Crippen molar-refractivity contribution in [3.8, 4) is 5.75 Å². The second-order valence-electron chi connectivity index (χ2n) is 7.76. The van der Waals surface area contributed by atoms with E-state index in [0.29, 0.717) is 6.61 Å². The summed E-state index contributed by atoms with van der Waals surface area (Å²) < 4.78 is 5.99. The fourth-order valence-corrected chi connectivity index (χ4v) is 3.86. The van der Waals surface area contributed by atoms with Crippen LogP contribution >= 0.6 is 0 Å². The van der Waals surface area contributed by atoms with Crippen LogP contribution in [0.4, 0.5) is 5.69 Å². The van der Waals surface area contributed by atoms with Crippen molar-refractivity contribution in [2.24, 2.45) is 5.73 Å². The lowest BCUT2D eigenvalue weighted by molar-refractivity contribution is -0.137. The molecule has 144 valence electrons. The molecule has 1 saturated heterocycles. The molecule has 1 aromatic rings. The van der Waals surface area contributed by atoms with Crippen molar-refractivity contribution in [1.82, 2.24) is 9.80 Å². The van der Waals surface area contributed by atoms with Gasteiger partial charge in [-0.1, -0.05) is 25.0 Å². The number of piperazine rings is 1. The Hall–Kier alpha value is -1.79. The van der Waals surface area contributed by atoms with Crippen molar-refractivity contribution in [3.63, 3.8) is 0 Å². The number of ether oxygens (including phenoxy) is 1. The number of carbonyl (C=O) groups excluding carboxylic acids is 1. The lowest BCUT2D eigenvalue weighted by Crippen LogP contribution is -2.58. The Labute approximate surface area is 156 Å². The molecule has 0 atom stereocenters. The first-order valence-corrected chi connectivity index (χ1v) is 9.69. The summed E-state index contributed by atoms with van der Waals surface area (Å²) in [6.45, 7) is 4.63. The van der Waals surface area contributed by atoms with Crippen molar-refractivity contribution in [2.45, 2.75) is 31.2 Å². The van der Waals surface area contributed by atoms with Crippen molar-refractivity contribution in [3.05, 3.63) is 24.3 Å². The van der Waals surface area contributed by atoms with Crippen LogP contribution in [0.3, 0.4) is 0 Å². The standard InChI is InChI=1S/C20H32N4O2/c1-22(2)15-16-26-18-8-4-3-7-17(18)23-11-13-24(14-12-23)19(25)20(21)9-5-6-10-20/h3-4,7-8H,5-6,9-16,21H2,1-2H3. The van der Waals surface area contributed by atoms with Gasteiger partial charge in [0.15, 0.2) is 0 Å². The predicted octanol–water partition coefficient (Wildman–Crippen LogP) is 1.55. The van der Waals surface area contributed by atoms with Crippen LogP contribution in [-0.4, -0.2) is 74.7 Å². The first-order chi connectivity index (χ1) is 12.5. The van der Waals surface area contributed by atoms with Gasteiger partial charge in [-0.25, -0.2) is 0 Å². The summed E-state index contributed by atoms with van der Waals surface area (Å²) in [5.41, 5.74) is 6.85. The zero-order chi connectivity index (χ0) is 18.6. The lowest BCUT2D eigenvalue weighted by atomic mass is 9.97. The molecule has 26 heavy (non-hydrogen) atoms. The van der Waals surface area contributed by atoms with Gasteiger partial charge in [0.2, 0.25) is 5.91 Å². The highest BCUT2D eigenvalue weighted by atomic mass is 16.5. The highest BCUT2D eigenvalue weighted by molar-refractivity contribution is 5.86. The molecule has 0 spiro atoms. The minimum atomic E-state index is -0.616. The minimum Gasteiger partial charge on any atom is -0.490 e. The van der Waals surface area contributed by atoms with Crippen LogP contribution in [0.25, 0.3) is 0 Å². The topological polar surface area (TPSA) is 62.0 Å². The molecule has 2 fully saturated rings. The summed E-state index contributed by atoms with van der Waals surface area (Å²) in [5, 5.41) is 0. The molecule has 6 nitrogen and oxygen atoms in total. The molecule has 6 heteroatoms. The normalized spacial score (nSPS) is 19.8. The molecule has 1 aromatic carbocycles. The Morgan fingerprint density at radius 1 is 1.15 bits per heavy atom. The average molecular weight is 361 g/mol. The Kier molecular flexibility index (Phi) is 6.04. The Morgan fingerprint density at radius 3 is 2.46 bits per heavy atom. The third kappa shape index (κ3) is 4.30. The van der Waals surface area contributed by atoms with Gasteiger partial charge in [-0.2, -0.15) is 0 Å². The molecule has 0 unspecified atom stereocenters. The van der Waals surface area contributed by atoms with Crippen molar-refractivity contribution in [1.29, 1.82) is 0 Å². The van der Waals surface area contributed by atoms with Gasteiger partial charge in [-0.3, -0.25) is 4.79 Å². The summed E-state index contributed by atoms with van der Waals surface area (Å²) in [6, 6.07) is 8.17. The third-order valence-electron chi connectivity index (χ3n) is 5.49. The van der Waals surface area contributed by atoms with E-state index in [4.69, 9.17) is 10.5 Å². The molecular weight excluding hydrogens is 328 g/mol. The molecule has 2 N–H and O–H groups in total. The fourth-order valence-electron chi connectivity index (χ4n) is 3.86. The number of nitrogens with two attached hydrogens (primary N) is 1. The number of amides is 1. The number of para-hydroxylation sites is 2. The van der Waals surface area contributed by atoms with Gasteiger partial charge in [0, 0.05) is 32.7 Å². The van der Waals surface area contributed by atoms with E-state index in [-0.39, 0.29) is 5.91 Å². The number of benzene rings is 1. The summed E-state index contributed by atoms with van der Waals surface area (Å²) >= 11 is 0. The maximum Gasteiger partial charge on any atom is 0.242 e. The van der Waals surface area contributed by atoms with Crippen molar-refractivity contribution in [2.75, 3.05) is 58.3 Å². The average Bonchev–Trinajstić information content (AvgIpc) is 3.09. The number of likely N-dealkylation sites (N-methyl/N-ethyl adjacent to an activating group) is 1. The first kappa shape index (κ1) is 19.0. The molecule has 1 aliphatic carbocycles. The molecule has 0 aromatic heterocycles. The van der Waals surface area contributed by atoms with Gasteiger partial charge in [0.25, 0.3) is 0 Å². The predicted molar refractivity (Wildman–Crippen MR) is 105 cm³/mol. The molecule has 1 amide bonds. The van der Waals surface area contributed by atoms with E-state index >= 15 is 0 Å². The number of anilines is 1. The van der Waals surface area contributed by atoms with Gasteiger partial charge in [-0.15, -0.1) is 0 Å². The van der Waals surface area contributed by atoms with E-state index in [1.54, 1.807) is 0 Å². The summed E-state index contributed by atoms with van der Waals surface area (Å²) in [6.07, 6.45) is 3.79. The zero-order valence-corrected chi connectivity index (χ0v) is 16.1.